The molecule has 0 unspecified atom stereocenters. The summed E-state index contributed by atoms with van der Waals surface area (Å²) in [6.45, 7) is 1.81. The van der Waals surface area contributed by atoms with Crippen molar-refractivity contribution in [1.82, 2.24) is 4.98 Å². The number of rotatable bonds is 7. The smallest absolute Gasteiger partial charge is 0.337 e. The fourth-order valence-electron chi connectivity index (χ4n) is 1.24. The number of nitrogens with zero attached hydrogens (tertiary/aromatic N) is 1. The molecule has 0 saturated carbocycles. The first-order valence-corrected chi connectivity index (χ1v) is 7.34. The fourth-order valence-corrected chi connectivity index (χ4v) is 2.22. The minimum Gasteiger partial charge on any atom is -0.478 e. The molecule has 1 rings (SSSR count). The van der Waals surface area contributed by atoms with Crippen LogP contribution in [-0.4, -0.2) is 42.8 Å². The molecule has 0 radical (unpaired) electrons. The summed E-state index contributed by atoms with van der Waals surface area (Å²) in [6.07, 6.45) is 0.766. The van der Waals surface area contributed by atoms with Crippen LogP contribution < -0.4 is 4.72 Å². The monoisotopic (exact) mass is 302 g/mol. The van der Waals surface area contributed by atoms with Gasteiger partial charge in [0.2, 0.25) is 10.0 Å². The van der Waals surface area contributed by atoms with E-state index in [1.807, 2.05) is 0 Å². The summed E-state index contributed by atoms with van der Waals surface area (Å²) in [5, 5.41) is 8.67. The van der Waals surface area contributed by atoms with E-state index < -0.39 is 27.7 Å². The number of aromatic nitrogens is 1. The van der Waals surface area contributed by atoms with Crippen LogP contribution in [0.3, 0.4) is 0 Å². The van der Waals surface area contributed by atoms with Gasteiger partial charge in [-0.3, -0.25) is 9.52 Å². The van der Waals surface area contributed by atoms with Crippen LogP contribution in [0.4, 0.5) is 5.82 Å². The number of anilines is 1. The van der Waals surface area contributed by atoms with Crippen LogP contribution in [0.2, 0.25) is 0 Å². The van der Waals surface area contributed by atoms with Gasteiger partial charge in [0.25, 0.3) is 0 Å². The number of hydrogen-bond donors (Lipinski definition) is 2. The Hall–Kier alpha value is -2.16. The van der Waals surface area contributed by atoms with Gasteiger partial charge in [-0.1, -0.05) is 0 Å². The van der Waals surface area contributed by atoms with E-state index in [-0.39, 0.29) is 24.4 Å². The molecule has 0 aromatic carbocycles. The lowest BCUT2D eigenvalue weighted by molar-refractivity contribution is -0.142. The Labute approximate surface area is 115 Å². The lowest BCUT2D eigenvalue weighted by atomic mass is 10.3. The second kappa shape index (κ2) is 6.85. The Kier molecular flexibility index (Phi) is 5.44. The number of ether oxygens (including phenoxy) is 1. The van der Waals surface area contributed by atoms with Gasteiger partial charge in [-0.2, -0.15) is 0 Å². The zero-order valence-corrected chi connectivity index (χ0v) is 11.5. The summed E-state index contributed by atoms with van der Waals surface area (Å²) in [4.78, 5) is 25.3. The van der Waals surface area contributed by atoms with Crippen LogP contribution in [0, 0.1) is 0 Å². The van der Waals surface area contributed by atoms with Crippen molar-refractivity contribution in [1.29, 1.82) is 0 Å². The van der Waals surface area contributed by atoms with Gasteiger partial charge >= 0.3 is 11.9 Å². The summed E-state index contributed by atoms with van der Waals surface area (Å²) in [5.74, 6) is -2.21. The third-order valence-corrected chi connectivity index (χ3v) is 3.41. The quantitative estimate of drug-likeness (QED) is 0.702. The van der Waals surface area contributed by atoms with E-state index in [2.05, 4.69) is 14.4 Å². The second-order valence-corrected chi connectivity index (χ2v) is 5.56. The first kappa shape index (κ1) is 15.9. The van der Waals surface area contributed by atoms with Gasteiger partial charge < -0.3 is 9.84 Å². The fraction of sp³-hybridized carbons (Fsp3) is 0.364. The Bertz CT molecular complexity index is 581. The van der Waals surface area contributed by atoms with Crippen molar-refractivity contribution in [2.45, 2.75) is 13.3 Å². The first-order chi connectivity index (χ1) is 9.34. The summed E-state index contributed by atoms with van der Waals surface area (Å²) >= 11 is 0. The van der Waals surface area contributed by atoms with E-state index in [1.54, 1.807) is 6.92 Å². The van der Waals surface area contributed by atoms with Crippen LogP contribution in [0.5, 0.6) is 0 Å². The number of nitrogens with one attached hydrogen (secondary N) is 1. The molecule has 1 heterocycles. The number of aromatic carboxylic acids is 1. The van der Waals surface area contributed by atoms with E-state index in [0.29, 0.717) is 0 Å². The molecule has 0 atom stereocenters. The third-order valence-electron chi connectivity index (χ3n) is 2.15. The van der Waals surface area contributed by atoms with E-state index in [0.717, 1.165) is 6.20 Å². The number of carbonyl (C=O) groups is 2. The Balaban J connectivity index is 2.62. The lowest BCUT2D eigenvalue weighted by Crippen LogP contribution is -2.20. The molecule has 0 aliphatic rings. The second-order valence-electron chi connectivity index (χ2n) is 3.71. The van der Waals surface area contributed by atoms with Gasteiger partial charge in [0.05, 0.1) is 24.3 Å². The van der Waals surface area contributed by atoms with E-state index in [1.165, 1.54) is 12.1 Å². The molecule has 0 aliphatic carbocycles. The van der Waals surface area contributed by atoms with Crippen molar-refractivity contribution < 1.29 is 27.9 Å². The van der Waals surface area contributed by atoms with E-state index in [9.17, 15) is 18.0 Å². The molecule has 0 amide bonds. The molecule has 20 heavy (non-hydrogen) atoms. The Morgan fingerprint density at radius 1 is 1.40 bits per heavy atom. The zero-order chi connectivity index (χ0) is 15.2. The summed E-state index contributed by atoms with van der Waals surface area (Å²) < 4.78 is 30.1. The van der Waals surface area contributed by atoms with Gasteiger partial charge in [0.15, 0.2) is 0 Å². The van der Waals surface area contributed by atoms with Crippen LogP contribution in [0.25, 0.3) is 0 Å². The SMILES string of the molecule is CCOC(=O)CCS(=O)(=O)Nc1ccc(C(=O)O)cn1. The summed E-state index contributed by atoms with van der Waals surface area (Å²) in [6, 6.07) is 2.45. The molecule has 0 bridgehead atoms. The molecule has 110 valence electrons. The van der Waals surface area contributed by atoms with Crippen LogP contribution in [0.15, 0.2) is 18.3 Å². The largest absolute Gasteiger partial charge is 0.478 e. The molecule has 9 heteroatoms. The Morgan fingerprint density at radius 2 is 2.10 bits per heavy atom. The zero-order valence-electron chi connectivity index (χ0n) is 10.7. The molecular formula is C11H14N2O6S. The van der Waals surface area contributed by atoms with E-state index in [4.69, 9.17) is 5.11 Å². The summed E-state index contributed by atoms with van der Waals surface area (Å²) in [7, 11) is -3.74. The minimum absolute atomic E-state index is 0.0149. The molecular weight excluding hydrogens is 288 g/mol. The number of carboxylic acid groups (broad SMARTS) is 1. The molecule has 0 saturated heterocycles. The van der Waals surface area contributed by atoms with Gasteiger partial charge in [-0.25, -0.2) is 18.2 Å². The average molecular weight is 302 g/mol. The van der Waals surface area contributed by atoms with Crippen LogP contribution in [-0.2, 0) is 19.6 Å². The highest BCUT2D eigenvalue weighted by molar-refractivity contribution is 7.92. The molecule has 0 aliphatic heterocycles. The minimum atomic E-state index is -3.74. The topological polar surface area (TPSA) is 123 Å². The maximum absolute atomic E-state index is 11.7. The maximum Gasteiger partial charge on any atom is 0.337 e. The lowest BCUT2D eigenvalue weighted by Gasteiger charge is -2.07. The van der Waals surface area contributed by atoms with Crippen molar-refractivity contribution >= 4 is 27.8 Å². The average Bonchev–Trinajstić information content (AvgIpc) is 2.37. The van der Waals surface area contributed by atoms with Crippen molar-refractivity contribution in [3.8, 4) is 0 Å². The van der Waals surface area contributed by atoms with Gasteiger partial charge in [0.1, 0.15) is 5.82 Å². The number of hydrogen-bond acceptors (Lipinski definition) is 6. The number of esters is 1. The highest BCUT2D eigenvalue weighted by Gasteiger charge is 2.15. The number of sulfonamides is 1. The molecule has 1 aromatic rings. The van der Waals surface area contributed by atoms with Crippen molar-refractivity contribution in [3.05, 3.63) is 23.9 Å². The molecule has 1 aromatic heterocycles. The van der Waals surface area contributed by atoms with Crippen molar-refractivity contribution in [3.63, 3.8) is 0 Å². The highest BCUT2D eigenvalue weighted by atomic mass is 32.2. The predicted molar refractivity (Wildman–Crippen MR) is 69.9 cm³/mol. The van der Waals surface area contributed by atoms with E-state index >= 15 is 0 Å². The van der Waals surface area contributed by atoms with Gasteiger partial charge in [-0.05, 0) is 19.1 Å². The molecule has 8 nitrogen and oxygen atoms in total. The molecule has 0 fully saturated rings. The van der Waals surface area contributed by atoms with Crippen molar-refractivity contribution in [2.24, 2.45) is 0 Å². The third kappa shape index (κ3) is 5.22. The number of carboxylic acids is 1. The summed E-state index contributed by atoms with van der Waals surface area (Å²) in [5.41, 5.74) is -0.0560. The molecule has 0 spiro atoms. The normalized spacial score (nSPS) is 10.8. The molecule has 2 N–H and O–H groups in total. The number of carbonyl (C=O) groups excluding carboxylic acids is 1. The predicted octanol–water partition coefficient (Wildman–Crippen LogP) is 0.475. The van der Waals surface area contributed by atoms with Gasteiger partial charge in [-0.15, -0.1) is 0 Å². The van der Waals surface area contributed by atoms with Crippen LogP contribution >= 0.6 is 0 Å². The Morgan fingerprint density at radius 3 is 2.60 bits per heavy atom. The van der Waals surface area contributed by atoms with Crippen molar-refractivity contribution in [2.75, 3.05) is 17.1 Å². The van der Waals surface area contributed by atoms with Crippen LogP contribution in [0.1, 0.15) is 23.7 Å². The maximum atomic E-state index is 11.7. The standard InChI is InChI=1S/C11H14N2O6S/c1-2-19-10(14)5-6-20(17,18)13-9-4-3-8(7-12-9)11(15)16/h3-4,7H,2,5-6H2,1H3,(H,12,13)(H,15,16). The van der Waals surface area contributed by atoms with Gasteiger partial charge in [0, 0.05) is 6.20 Å². The first-order valence-electron chi connectivity index (χ1n) is 5.69. The number of pyridine rings is 1. The highest BCUT2D eigenvalue weighted by Crippen LogP contribution is 2.08.